The molecule has 0 bridgehead atoms. The number of rotatable bonds is 3. The van der Waals surface area contributed by atoms with Gasteiger partial charge in [-0.25, -0.2) is 5.43 Å². The van der Waals surface area contributed by atoms with Crippen LogP contribution in [0.3, 0.4) is 0 Å². The molecule has 0 amide bonds. The van der Waals surface area contributed by atoms with Crippen molar-refractivity contribution in [3.63, 3.8) is 0 Å². The highest BCUT2D eigenvalue weighted by atomic mass is 35.5. The molecular weight excluding hydrogens is 222 g/mol. The van der Waals surface area contributed by atoms with Gasteiger partial charge in [0.2, 0.25) is 0 Å². The first-order valence-electron chi connectivity index (χ1n) is 4.94. The van der Waals surface area contributed by atoms with Gasteiger partial charge in [-0.1, -0.05) is 35.9 Å². The molecule has 1 aromatic heterocycles. The maximum Gasteiger partial charge on any atom is 0.0895 e. The Bertz CT molecular complexity index is 459. The number of nitrogens with zero attached hydrogens (tertiary/aromatic N) is 1. The number of benzene rings is 1. The molecule has 4 heteroatoms. The molecule has 0 fully saturated rings. The van der Waals surface area contributed by atoms with Gasteiger partial charge >= 0.3 is 0 Å². The predicted octanol–water partition coefficient (Wildman–Crippen LogP) is 2.29. The molecule has 2 rings (SSSR count). The number of pyridine rings is 1. The highest BCUT2D eigenvalue weighted by Gasteiger charge is 2.15. The molecule has 0 aliphatic rings. The van der Waals surface area contributed by atoms with Crippen LogP contribution in [-0.4, -0.2) is 4.98 Å². The Hall–Kier alpha value is -1.42. The first-order valence-corrected chi connectivity index (χ1v) is 5.32. The Labute approximate surface area is 99.2 Å². The maximum atomic E-state index is 6.12. The quantitative estimate of drug-likeness (QED) is 0.632. The van der Waals surface area contributed by atoms with Crippen LogP contribution in [0.2, 0.25) is 5.02 Å². The summed E-state index contributed by atoms with van der Waals surface area (Å²) in [6.07, 6.45) is 1.73. The number of hydrogen-bond donors (Lipinski definition) is 2. The van der Waals surface area contributed by atoms with E-state index in [1.165, 1.54) is 0 Å². The number of halogens is 1. The standard InChI is InChI=1S/C12H12ClN3/c13-10-6-2-1-5-9(10)12(16-14)11-7-3-4-8-15-11/h1-8,12,16H,14H2. The predicted molar refractivity (Wildman–Crippen MR) is 64.9 cm³/mol. The van der Waals surface area contributed by atoms with E-state index in [1.807, 2.05) is 42.5 Å². The van der Waals surface area contributed by atoms with Crippen LogP contribution in [0.5, 0.6) is 0 Å². The fourth-order valence-electron chi connectivity index (χ4n) is 1.59. The summed E-state index contributed by atoms with van der Waals surface area (Å²) in [5, 5.41) is 0.677. The van der Waals surface area contributed by atoms with Crippen LogP contribution < -0.4 is 11.3 Å². The number of nitrogens with two attached hydrogens (primary N) is 1. The van der Waals surface area contributed by atoms with E-state index in [-0.39, 0.29) is 6.04 Å². The van der Waals surface area contributed by atoms with E-state index in [0.29, 0.717) is 5.02 Å². The fraction of sp³-hybridized carbons (Fsp3) is 0.0833. The Morgan fingerprint density at radius 1 is 1.12 bits per heavy atom. The largest absolute Gasteiger partial charge is 0.271 e. The van der Waals surface area contributed by atoms with E-state index < -0.39 is 0 Å². The molecule has 0 aliphatic carbocycles. The molecule has 0 spiro atoms. The maximum absolute atomic E-state index is 6.12. The van der Waals surface area contributed by atoms with Crippen molar-refractivity contribution < 1.29 is 0 Å². The van der Waals surface area contributed by atoms with Crippen molar-refractivity contribution >= 4 is 11.6 Å². The second-order valence-electron chi connectivity index (χ2n) is 3.38. The van der Waals surface area contributed by atoms with Gasteiger partial charge in [-0.15, -0.1) is 0 Å². The molecule has 1 heterocycles. The first kappa shape index (κ1) is 11.1. The summed E-state index contributed by atoms with van der Waals surface area (Å²) in [5.41, 5.74) is 4.50. The SMILES string of the molecule is NNC(c1ccccn1)c1ccccc1Cl. The number of hydrogen-bond acceptors (Lipinski definition) is 3. The topological polar surface area (TPSA) is 50.9 Å². The molecule has 3 N–H and O–H groups in total. The summed E-state index contributed by atoms with van der Waals surface area (Å²) in [4.78, 5) is 4.27. The van der Waals surface area contributed by atoms with Gasteiger partial charge in [0.05, 0.1) is 11.7 Å². The molecule has 3 nitrogen and oxygen atoms in total. The molecule has 2 aromatic rings. The Balaban J connectivity index is 2.41. The third-order valence-corrected chi connectivity index (χ3v) is 2.71. The zero-order valence-electron chi connectivity index (χ0n) is 8.60. The molecule has 1 aromatic carbocycles. The molecule has 16 heavy (non-hydrogen) atoms. The normalized spacial score (nSPS) is 12.4. The van der Waals surface area contributed by atoms with Crippen LogP contribution in [0.4, 0.5) is 0 Å². The summed E-state index contributed by atoms with van der Waals surface area (Å²) in [7, 11) is 0. The second kappa shape index (κ2) is 5.07. The van der Waals surface area contributed by atoms with Crippen molar-refractivity contribution in [2.24, 2.45) is 5.84 Å². The van der Waals surface area contributed by atoms with Crippen molar-refractivity contribution in [1.82, 2.24) is 10.4 Å². The van der Waals surface area contributed by atoms with E-state index in [9.17, 15) is 0 Å². The Morgan fingerprint density at radius 2 is 1.88 bits per heavy atom. The lowest BCUT2D eigenvalue weighted by molar-refractivity contribution is 0.621. The number of aromatic nitrogens is 1. The third kappa shape index (κ3) is 2.22. The smallest absolute Gasteiger partial charge is 0.0895 e. The van der Waals surface area contributed by atoms with Gasteiger partial charge in [0.1, 0.15) is 0 Å². The monoisotopic (exact) mass is 233 g/mol. The molecular formula is C12H12ClN3. The third-order valence-electron chi connectivity index (χ3n) is 2.37. The molecule has 1 unspecified atom stereocenters. The van der Waals surface area contributed by atoms with Crippen LogP contribution in [-0.2, 0) is 0 Å². The van der Waals surface area contributed by atoms with Crippen molar-refractivity contribution in [2.45, 2.75) is 6.04 Å². The summed E-state index contributed by atoms with van der Waals surface area (Å²) in [6, 6.07) is 13.1. The van der Waals surface area contributed by atoms with Crippen LogP contribution in [0.15, 0.2) is 48.7 Å². The van der Waals surface area contributed by atoms with Crippen LogP contribution in [0.25, 0.3) is 0 Å². The first-order chi connectivity index (χ1) is 7.83. The fourth-order valence-corrected chi connectivity index (χ4v) is 1.84. The van der Waals surface area contributed by atoms with Crippen LogP contribution >= 0.6 is 11.6 Å². The summed E-state index contributed by atoms with van der Waals surface area (Å²) < 4.78 is 0. The van der Waals surface area contributed by atoms with Gasteiger partial charge in [0.15, 0.2) is 0 Å². The lowest BCUT2D eigenvalue weighted by Gasteiger charge is -2.16. The lowest BCUT2D eigenvalue weighted by atomic mass is 10.0. The van der Waals surface area contributed by atoms with Crippen LogP contribution in [0.1, 0.15) is 17.3 Å². The Kier molecular flexibility index (Phi) is 3.51. The second-order valence-corrected chi connectivity index (χ2v) is 3.78. The van der Waals surface area contributed by atoms with E-state index >= 15 is 0 Å². The number of hydrazine groups is 1. The van der Waals surface area contributed by atoms with Crippen LogP contribution in [0, 0.1) is 0 Å². The minimum absolute atomic E-state index is 0.185. The van der Waals surface area contributed by atoms with E-state index in [4.69, 9.17) is 17.4 Å². The average Bonchev–Trinajstić information content (AvgIpc) is 2.34. The molecule has 82 valence electrons. The molecule has 1 atom stereocenters. The minimum Gasteiger partial charge on any atom is -0.271 e. The van der Waals surface area contributed by atoms with E-state index in [0.717, 1.165) is 11.3 Å². The molecule has 0 aliphatic heterocycles. The highest BCUT2D eigenvalue weighted by Crippen LogP contribution is 2.26. The molecule has 0 saturated carbocycles. The summed E-state index contributed by atoms with van der Waals surface area (Å²) in [5.74, 6) is 5.56. The van der Waals surface area contributed by atoms with E-state index in [2.05, 4.69) is 10.4 Å². The van der Waals surface area contributed by atoms with Crippen molar-refractivity contribution in [3.8, 4) is 0 Å². The highest BCUT2D eigenvalue weighted by molar-refractivity contribution is 6.31. The Morgan fingerprint density at radius 3 is 2.50 bits per heavy atom. The van der Waals surface area contributed by atoms with Crippen molar-refractivity contribution in [3.05, 3.63) is 64.9 Å². The zero-order valence-corrected chi connectivity index (χ0v) is 9.35. The summed E-state index contributed by atoms with van der Waals surface area (Å²) >= 11 is 6.12. The van der Waals surface area contributed by atoms with Gasteiger partial charge < -0.3 is 0 Å². The zero-order chi connectivity index (χ0) is 11.4. The van der Waals surface area contributed by atoms with Gasteiger partial charge in [0, 0.05) is 11.2 Å². The van der Waals surface area contributed by atoms with Gasteiger partial charge in [-0.2, -0.15) is 0 Å². The van der Waals surface area contributed by atoms with Crippen molar-refractivity contribution in [2.75, 3.05) is 0 Å². The molecule has 0 saturated heterocycles. The van der Waals surface area contributed by atoms with Gasteiger partial charge in [-0.3, -0.25) is 10.8 Å². The number of nitrogens with one attached hydrogen (secondary N) is 1. The van der Waals surface area contributed by atoms with Gasteiger partial charge in [-0.05, 0) is 23.8 Å². The average molecular weight is 234 g/mol. The lowest BCUT2D eigenvalue weighted by Crippen LogP contribution is -2.29. The van der Waals surface area contributed by atoms with E-state index in [1.54, 1.807) is 6.20 Å². The van der Waals surface area contributed by atoms with Crippen molar-refractivity contribution in [1.29, 1.82) is 0 Å². The molecule has 0 radical (unpaired) electrons. The summed E-state index contributed by atoms with van der Waals surface area (Å²) in [6.45, 7) is 0. The van der Waals surface area contributed by atoms with Gasteiger partial charge in [0.25, 0.3) is 0 Å². The minimum atomic E-state index is -0.185.